The summed E-state index contributed by atoms with van der Waals surface area (Å²) >= 11 is 3.39. The van der Waals surface area contributed by atoms with E-state index >= 15 is 0 Å². The fourth-order valence-corrected chi connectivity index (χ4v) is 3.65. The van der Waals surface area contributed by atoms with Crippen LogP contribution >= 0.6 is 15.9 Å². The molecule has 2 amide bonds. The van der Waals surface area contributed by atoms with E-state index in [9.17, 15) is 9.59 Å². The van der Waals surface area contributed by atoms with Crippen LogP contribution in [0.25, 0.3) is 0 Å². The molecule has 0 bridgehead atoms. The molecule has 0 aromatic heterocycles. The predicted octanol–water partition coefficient (Wildman–Crippen LogP) is 1.32. The van der Waals surface area contributed by atoms with Crippen LogP contribution in [0.15, 0.2) is 22.7 Å². The number of rotatable bonds is 7. The van der Waals surface area contributed by atoms with Crippen LogP contribution in [0.4, 0.5) is 5.69 Å². The summed E-state index contributed by atoms with van der Waals surface area (Å²) in [6, 6.07) is 5.44. The van der Waals surface area contributed by atoms with Gasteiger partial charge in [0.2, 0.25) is 5.91 Å². The first-order chi connectivity index (χ1) is 13.0. The van der Waals surface area contributed by atoms with Crippen LogP contribution in [0.1, 0.15) is 12.8 Å². The zero-order valence-electron chi connectivity index (χ0n) is 15.7. The maximum Gasteiger partial charge on any atom is 0.265 e. The van der Waals surface area contributed by atoms with Gasteiger partial charge in [-0.05, 0) is 44.6 Å². The molecule has 1 saturated heterocycles. The minimum atomic E-state index is -0.199. The Balaban J connectivity index is 1.39. The lowest BCUT2D eigenvalue weighted by molar-refractivity contribution is -0.125. The zero-order chi connectivity index (χ0) is 19.2. The molecule has 27 heavy (non-hydrogen) atoms. The van der Waals surface area contributed by atoms with Gasteiger partial charge in [-0.3, -0.25) is 14.5 Å². The van der Waals surface area contributed by atoms with Crippen molar-refractivity contribution in [3.63, 3.8) is 0 Å². The number of hydrogen-bond acceptors (Lipinski definition) is 5. The van der Waals surface area contributed by atoms with E-state index in [0.717, 1.165) is 50.0 Å². The Bertz CT molecular complexity index is 677. The van der Waals surface area contributed by atoms with E-state index in [-0.39, 0.29) is 25.0 Å². The second kappa shape index (κ2) is 9.52. The molecule has 0 radical (unpaired) electrons. The standard InChI is InChI=1S/C19H27BrN4O3/c1-22-8-10-23(11-9-22)7-3-2-6-21-18(25)13-24-16-5-4-15(20)12-17(16)27-14-19(24)26/h4-5,12H,2-3,6-11,13-14H2,1H3,(H,21,25). The molecule has 0 saturated carbocycles. The van der Waals surface area contributed by atoms with Gasteiger partial charge in [-0.25, -0.2) is 0 Å². The first-order valence-electron chi connectivity index (χ1n) is 9.43. The quantitative estimate of drug-likeness (QED) is 0.650. The average Bonchev–Trinajstić information content (AvgIpc) is 2.65. The Kier molecular flexibility index (Phi) is 7.09. The first-order valence-corrected chi connectivity index (χ1v) is 10.2. The number of piperazine rings is 1. The summed E-state index contributed by atoms with van der Waals surface area (Å²) in [5.41, 5.74) is 0.639. The van der Waals surface area contributed by atoms with Gasteiger partial charge in [-0.15, -0.1) is 0 Å². The molecule has 1 N–H and O–H groups in total. The van der Waals surface area contributed by atoms with Crippen molar-refractivity contribution in [1.82, 2.24) is 15.1 Å². The summed E-state index contributed by atoms with van der Waals surface area (Å²) in [4.78, 5) is 30.7. The topological polar surface area (TPSA) is 65.1 Å². The summed E-state index contributed by atoms with van der Waals surface area (Å²) in [7, 11) is 2.16. The largest absolute Gasteiger partial charge is 0.482 e. The Morgan fingerprint density at radius 3 is 2.78 bits per heavy atom. The number of unbranched alkanes of at least 4 members (excludes halogenated alkanes) is 1. The number of carbonyl (C=O) groups is 2. The summed E-state index contributed by atoms with van der Waals surface area (Å²) in [5.74, 6) is 0.276. The maximum atomic E-state index is 12.3. The summed E-state index contributed by atoms with van der Waals surface area (Å²) < 4.78 is 6.32. The third-order valence-electron chi connectivity index (χ3n) is 4.99. The molecule has 0 aliphatic carbocycles. The molecule has 1 fully saturated rings. The van der Waals surface area contributed by atoms with Gasteiger partial charge in [-0.1, -0.05) is 15.9 Å². The van der Waals surface area contributed by atoms with Gasteiger partial charge in [0.1, 0.15) is 12.3 Å². The molecule has 0 spiro atoms. The second-order valence-corrected chi connectivity index (χ2v) is 8.00. The zero-order valence-corrected chi connectivity index (χ0v) is 17.3. The Morgan fingerprint density at radius 2 is 2.00 bits per heavy atom. The van der Waals surface area contributed by atoms with Crippen LogP contribution in [-0.2, 0) is 9.59 Å². The molecule has 148 valence electrons. The van der Waals surface area contributed by atoms with E-state index in [1.54, 1.807) is 6.07 Å². The van der Waals surface area contributed by atoms with Crippen molar-refractivity contribution in [2.45, 2.75) is 12.8 Å². The van der Waals surface area contributed by atoms with E-state index in [4.69, 9.17) is 4.74 Å². The monoisotopic (exact) mass is 438 g/mol. The molecular formula is C19H27BrN4O3. The Labute approximate surface area is 168 Å². The molecule has 1 aromatic carbocycles. The number of nitrogens with zero attached hydrogens (tertiary/aromatic N) is 3. The molecular weight excluding hydrogens is 412 g/mol. The molecule has 1 aromatic rings. The second-order valence-electron chi connectivity index (χ2n) is 7.08. The summed E-state index contributed by atoms with van der Waals surface area (Å²) in [6.07, 6.45) is 2.01. The van der Waals surface area contributed by atoms with Crippen molar-refractivity contribution in [3.8, 4) is 5.75 Å². The minimum absolute atomic E-state index is 0.0231. The number of ether oxygens (including phenoxy) is 1. The minimum Gasteiger partial charge on any atom is -0.482 e. The number of halogens is 1. The fourth-order valence-electron chi connectivity index (χ4n) is 3.31. The highest BCUT2D eigenvalue weighted by atomic mass is 79.9. The number of nitrogens with one attached hydrogen (secondary N) is 1. The lowest BCUT2D eigenvalue weighted by Gasteiger charge is -2.32. The molecule has 2 aliphatic rings. The van der Waals surface area contributed by atoms with Crippen LogP contribution in [-0.4, -0.2) is 81.1 Å². The molecule has 2 heterocycles. The van der Waals surface area contributed by atoms with E-state index in [2.05, 4.69) is 38.1 Å². The highest BCUT2D eigenvalue weighted by molar-refractivity contribution is 9.10. The smallest absolute Gasteiger partial charge is 0.265 e. The molecule has 3 rings (SSSR count). The van der Waals surface area contributed by atoms with Gasteiger partial charge in [0.05, 0.1) is 5.69 Å². The SMILES string of the molecule is CN1CCN(CCCCNC(=O)CN2C(=O)COc3cc(Br)ccc32)CC1. The van der Waals surface area contributed by atoms with Crippen LogP contribution in [0.3, 0.4) is 0 Å². The van der Waals surface area contributed by atoms with Gasteiger partial charge in [0.25, 0.3) is 5.91 Å². The number of anilines is 1. The number of amides is 2. The highest BCUT2D eigenvalue weighted by Crippen LogP contribution is 2.34. The van der Waals surface area contributed by atoms with Gasteiger partial charge in [0.15, 0.2) is 6.61 Å². The Hall–Kier alpha value is -1.64. The Morgan fingerprint density at radius 1 is 1.22 bits per heavy atom. The third-order valence-corrected chi connectivity index (χ3v) is 5.48. The number of likely N-dealkylation sites (N-methyl/N-ethyl adjacent to an activating group) is 1. The summed E-state index contributed by atoms with van der Waals surface area (Å²) in [6.45, 7) is 6.20. The lowest BCUT2D eigenvalue weighted by Crippen LogP contribution is -2.45. The number of carbonyl (C=O) groups excluding carboxylic acids is 2. The van der Waals surface area contributed by atoms with Gasteiger partial charge >= 0.3 is 0 Å². The molecule has 0 atom stereocenters. The van der Waals surface area contributed by atoms with Crippen molar-refractivity contribution in [2.24, 2.45) is 0 Å². The van der Waals surface area contributed by atoms with Crippen molar-refractivity contribution in [2.75, 3.05) is 64.4 Å². The fraction of sp³-hybridized carbons (Fsp3) is 0.579. The van der Waals surface area contributed by atoms with Gasteiger partial charge < -0.3 is 19.9 Å². The van der Waals surface area contributed by atoms with Gasteiger partial charge in [0, 0.05) is 37.2 Å². The number of fused-ring (bicyclic) bond motifs is 1. The van der Waals surface area contributed by atoms with Crippen LogP contribution in [0, 0.1) is 0 Å². The van der Waals surface area contributed by atoms with E-state index in [0.29, 0.717) is 18.0 Å². The van der Waals surface area contributed by atoms with Crippen molar-refractivity contribution in [3.05, 3.63) is 22.7 Å². The number of benzene rings is 1. The summed E-state index contributed by atoms with van der Waals surface area (Å²) in [5, 5.41) is 2.93. The van der Waals surface area contributed by atoms with E-state index in [1.165, 1.54) is 4.90 Å². The third kappa shape index (κ3) is 5.67. The molecule has 0 unspecified atom stereocenters. The van der Waals surface area contributed by atoms with E-state index < -0.39 is 0 Å². The van der Waals surface area contributed by atoms with Crippen molar-refractivity contribution < 1.29 is 14.3 Å². The van der Waals surface area contributed by atoms with Crippen molar-refractivity contribution >= 4 is 33.4 Å². The van der Waals surface area contributed by atoms with Crippen LogP contribution < -0.4 is 15.0 Å². The van der Waals surface area contributed by atoms with Crippen LogP contribution in [0.5, 0.6) is 5.75 Å². The predicted molar refractivity (Wildman–Crippen MR) is 108 cm³/mol. The molecule has 8 heteroatoms. The van der Waals surface area contributed by atoms with Gasteiger partial charge in [-0.2, -0.15) is 0 Å². The first kappa shape index (κ1) is 20.1. The molecule has 2 aliphatic heterocycles. The normalized spacial score (nSPS) is 18.1. The lowest BCUT2D eigenvalue weighted by atomic mass is 10.2. The highest BCUT2D eigenvalue weighted by Gasteiger charge is 2.27. The average molecular weight is 439 g/mol. The van der Waals surface area contributed by atoms with Crippen molar-refractivity contribution in [1.29, 1.82) is 0 Å². The molecule has 7 nitrogen and oxygen atoms in total. The number of hydrogen-bond donors (Lipinski definition) is 1. The maximum absolute atomic E-state index is 12.3. The van der Waals surface area contributed by atoms with E-state index in [1.807, 2.05) is 12.1 Å². The van der Waals surface area contributed by atoms with Crippen LogP contribution in [0.2, 0.25) is 0 Å².